The van der Waals surface area contributed by atoms with E-state index in [9.17, 15) is 0 Å². The summed E-state index contributed by atoms with van der Waals surface area (Å²) >= 11 is 0. The Morgan fingerprint density at radius 2 is 2.06 bits per heavy atom. The summed E-state index contributed by atoms with van der Waals surface area (Å²) < 4.78 is 5.66. The Morgan fingerprint density at radius 3 is 2.56 bits per heavy atom. The lowest BCUT2D eigenvalue weighted by Gasteiger charge is -2.42. The highest BCUT2D eigenvalue weighted by Crippen LogP contribution is 2.22. The Morgan fingerprint density at radius 1 is 1.33 bits per heavy atom. The van der Waals surface area contributed by atoms with E-state index in [0.717, 1.165) is 25.7 Å². The molecule has 0 aromatic heterocycles. The van der Waals surface area contributed by atoms with E-state index in [1.807, 2.05) is 0 Å². The Labute approximate surface area is 113 Å². The zero-order valence-electron chi connectivity index (χ0n) is 12.9. The number of ether oxygens (including phenoxy) is 1. The number of piperidine rings is 1. The summed E-state index contributed by atoms with van der Waals surface area (Å²) in [7, 11) is 0. The van der Waals surface area contributed by atoms with Gasteiger partial charge in [0.05, 0.1) is 6.61 Å². The zero-order chi connectivity index (χ0) is 13.5. The predicted octanol–water partition coefficient (Wildman–Crippen LogP) is 2.37. The van der Waals surface area contributed by atoms with Crippen LogP contribution in [-0.2, 0) is 4.74 Å². The van der Waals surface area contributed by atoms with Crippen molar-refractivity contribution in [3.63, 3.8) is 0 Å². The van der Waals surface area contributed by atoms with Crippen LogP contribution in [0.1, 0.15) is 41.0 Å². The van der Waals surface area contributed by atoms with Gasteiger partial charge >= 0.3 is 0 Å². The fraction of sp³-hybridized carbons (Fsp3) is 1.00. The second-order valence-electron chi connectivity index (χ2n) is 5.90. The molecule has 0 aliphatic carbocycles. The van der Waals surface area contributed by atoms with Crippen LogP contribution in [0.4, 0.5) is 0 Å². The van der Waals surface area contributed by atoms with Crippen molar-refractivity contribution in [3.05, 3.63) is 0 Å². The largest absolute Gasteiger partial charge is 0.380 e. The van der Waals surface area contributed by atoms with Crippen molar-refractivity contribution < 1.29 is 4.74 Å². The van der Waals surface area contributed by atoms with E-state index < -0.39 is 0 Å². The number of likely N-dealkylation sites (tertiary alicyclic amines) is 1. The maximum Gasteiger partial charge on any atom is 0.0624 e. The zero-order valence-corrected chi connectivity index (χ0v) is 12.9. The van der Waals surface area contributed by atoms with E-state index in [1.165, 1.54) is 19.5 Å². The molecule has 3 atom stereocenters. The molecule has 0 radical (unpaired) electrons. The molecule has 108 valence electrons. The second kappa shape index (κ2) is 8.13. The summed E-state index contributed by atoms with van der Waals surface area (Å²) in [6.45, 7) is 16.5. The molecule has 0 spiro atoms. The van der Waals surface area contributed by atoms with Gasteiger partial charge in [0.25, 0.3) is 0 Å². The molecule has 0 amide bonds. The number of nitrogens with zero attached hydrogens (tertiary/aromatic N) is 1. The van der Waals surface area contributed by atoms with Crippen LogP contribution >= 0.6 is 0 Å². The average molecular weight is 256 g/mol. The molecule has 1 saturated heterocycles. The number of hydrogen-bond acceptors (Lipinski definition) is 3. The van der Waals surface area contributed by atoms with Crippen LogP contribution in [0.5, 0.6) is 0 Å². The van der Waals surface area contributed by atoms with Crippen LogP contribution in [0.25, 0.3) is 0 Å². The summed E-state index contributed by atoms with van der Waals surface area (Å²) in [5, 5.41) is 3.61. The lowest BCUT2D eigenvalue weighted by Crippen LogP contribution is -2.53. The van der Waals surface area contributed by atoms with Crippen molar-refractivity contribution in [2.24, 2.45) is 11.8 Å². The molecule has 1 fully saturated rings. The minimum Gasteiger partial charge on any atom is -0.380 e. The molecule has 18 heavy (non-hydrogen) atoms. The third-order valence-electron chi connectivity index (χ3n) is 4.13. The topological polar surface area (TPSA) is 24.5 Å². The predicted molar refractivity (Wildman–Crippen MR) is 77.9 cm³/mol. The summed E-state index contributed by atoms with van der Waals surface area (Å²) in [4.78, 5) is 2.64. The summed E-state index contributed by atoms with van der Waals surface area (Å²) in [5.74, 6) is 1.40. The van der Waals surface area contributed by atoms with Gasteiger partial charge in [-0.25, -0.2) is 0 Å². The molecule has 3 heteroatoms. The lowest BCUT2D eigenvalue weighted by atomic mass is 9.91. The maximum absolute atomic E-state index is 5.66. The maximum atomic E-state index is 5.66. The monoisotopic (exact) mass is 256 g/mol. The standard InChI is InChI=1S/C15H32N2O/c1-6-16-14-8-9-17(10-13(14)5)15(12(3)4)11-18-7-2/h12-16H,6-11H2,1-5H3. The Bertz CT molecular complexity index is 221. The van der Waals surface area contributed by atoms with Crippen LogP contribution in [-0.4, -0.2) is 49.8 Å². The molecule has 1 heterocycles. The van der Waals surface area contributed by atoms with Crippen LogP contribution in [0, 0.1) is 11.8 Å². The Balaban J connectivity index is 2.50. The summed E-state index contributed by atoms with van der Waals surface area (Å²) in [6.07, 6.45) is 1.27. The van der Waals surface area contributed by atoms with E-state index in [4.69, 9.17) is 4.74 Å². The third kappa shape index (κ3) is 4.52. The highest BCUT2D eigenvalue weighted by atomic mass is 16.5. The van der Waals surface area contributed by atoms with Crippen molar-refractivity contribution in [1.29, 1.82) is 0 Å². The summed E-state index contributed by atoms with van der Waals surface area (Å²) in [6, 6.07) is 1.28. The number of rotatable bonds is 7. The van der Waals surface area contributed by atoms with Crippen molar-refractivity contribution >= 4 is 0 Å². The van der Waals surface area contributed by atoms with Crippen LogP contribution in [0.2, 0.25) is 0 Å². The van der Waals surface area contributed by atoms with Gasteiger partial charge < -0.3 is 10.1 Å². The van der Waals surface area contributed by atoms with E-state index in [2.05, 4.69) is 44.8 Å². The highest BCUT2D eigenvalue weighted by Gasteiger charge is 2.30. The second-order valence-corrected chi connectivity index (χ2v) is 5.90. The first-order valence-corrected chi connectivity index (χ1v) is 7.65. The highest BCUT2D eigenvalue weighted by molar-refractivity contribution is 4.86. The van der Waals surface area contributed by atoms with Crippen molar-refractivity contribution in [2.75, 3.05) is 32.8 Å². The SMILES string of the molecule is CCNC1CCN(C(COCC)C(C)C)CC1C. The third-order valence-corrected chi connectivity index (χ3v) is 4.13. The Kier molecular flexibility index (Phi) is 7.20. The van der Waals surface area contributed by atoms with Crippen LogP contribution in [0.3, 0.4) is 0 Å². The smallest absolute Gasteiger partial charge is 0.0624 e. The van der Waals surface area contributed by atoms with Gasteiger partial charge in [-0.15, -0.1) is 0 Å². The molecule has 3 unspecified atom stereocenters. The molecule has 1 rings (SSSR count). The molecule has 0 aromatic rings. The van der Waals surface area contributed by atoms with Gasteiger partial charge in [-0.3, -0.25) is 4.90 Å². The minimum absolute atomic E-state index is 0.579. The van der Waals surface area contributed by atoms with Crippen molar-refractivity contribution in [1.82, 2.24) is 10.2 Å². The van der Waals surface area contributed by atoms with Crippen LogP contribution in [0.15, 0.2) is 0 Å². The van der Waals surface area contributed by atoms with Crippen molar-refractivity contribution in [2.45, 2.75) is 53.1 Å². The first kappa shape index (κ1) is 15.9. The molecule has 3 nitrogen and oxygen atoms in total. The van der Waals surface area contributed by atoms with Gasteiger partial charge in [0.2, 0.25) is 0 Å². The molecule has 0 bridgehead atoms. The fourth-order valence-electron chi connectivity index (χ4n) is 3.00. The molecule has 1 aliphatic rings. The van der Waals surface area contributed by atoms with Gasteiger partial charge in [0.15, 0.2) is 0 Å². The van der Waals surface area contributed by atoms with Gasteiger partial charge in [0, 0.05) is 31.8 Å². The van der Waals surface area contributed by atoms with E-state index >= 15 is 0 Å². The van der Waals surface area contributed by atoms with Gasteiger partial charge in [0.1, 0.15) is 0 Å². The van der Waals surface area contributed by atoms with Gasteiger partial charge in [-0.1, -0.05) is 27.7 Å². The van der Waals surface area contributed by atoms with E-state index in [1.54, 1.807) is 0 Å². The molecular weight excluding hydrogens is 224 g/mol. The number of nitrogens with one attached hydrogen (secondary N) is 1. The molecule has 0 aromatic carbocycles. The van der Waals surface area contributed by atoms with Crippen LogP contribution < -0.4 is 5.32 Å². The van der Waals surface area contributed by atoms with E-state index in [-0.39, 0.29) is 0 Å². The van der Waals surface area contributed by atoms with Crippen molar-refractivity contribution in [3.8, 4) is 0 Å². The summed E-state index contributed by atoms with van der Waals surface area (Å²) in [5.41, 5.74) is 0. The van der Waals surface area contributed by atoms with Gasteiger partial charge in [-0.2, -0.15) is 0 Å². The molecule has 1 aliphatic heterocycles. The minimum atomic E-state index is 0.579. The lowest BCUT2D eigenvalue weighted by molar-refractivity contribution is 0.0169. The molecule has 1 N–H and O–H groups in total. The molecule has 0 saturated carbocycles. The van der Waals surface area contributed by atoms with E-state index in [0.29, 0.717) is 18.0 Å². The average Bonchev–Trinajstić information content (AvgIpc) is 2.32. The normalized spacial score (nSPS) is 27.7. The molecular formula is C15H32N2O. The Hall–Kier alpha value is -0.120. The quantitative estimate of drug-likeness (QED) is 0.757. The van der Waals surface area contributed by atoms with Gasteiger partial charge in [-0.05, 0) is 31.7 Å². The fourth-order valence-corrected chi connectivity index (χ4v) is 3.00. The first-order chi connectivity index (χ1) is 8.60. The first-order valence-electron chi connectivity index (χ1n) is 7.65. The number of hydrogen-bond donors (Lipinski definition) is 1.